The number of carbonyl (C=O) groups excluding carboxylic acids is 2. The number of para-hydroxylation sites is 1. The van der Waals surface area contributed by atoms with Crippen LogP contribution in [0.2, 0.25) is 0 Å². The maximum Gasteiger partial charge on any atom is 0.255 e. The predicted octanol–water partition coefficient (Wildman–Crippen LogP) is 2.69. The van der Waals surface area contributed by atoms with Crippen LogP contribution in [0.4, 0.5) is 0 Å². The van der Waals surface area contributed by atoms with Crippen LogP contribution in [0.25, 0.3) is 0 Å². The molecule has 7 heteroatoms. The van der Waals surface area contributed by atoms with E-state index in [2.05, 4.69) is 5.32 Å². The number of thiophene rings is 1. The summed E-state index contributed by atoms with van der Waals surface area (Å²) < 4.78 is 11.0. The maximum atomic E-state index is 12.6. The van der Waals surface area contributed by atoms with E-state index in [1.807, 2.05) is 35.7 Å². The van der Waals surface area contributed by atoms with Crippen molar-refractivity contribution in [3.05, 3.63) is 52.2 Å². The van der Waals surface area contributed by atoms with Crippen LogP contribution in [0.1, 0.15) is 28.1 Å². The Hall–Kier alpha value is -2.38. The van der Waals surface area contributed by atoms with Crippen LogP contribution in [-0.2, 0) is 16.1 Å². The van der Waals surface area contributed by atoms with Gasteiger partial charge in [-0.25, -0.2) is 0 Å². The molecule has 0 saturated carbocycles. The molecule has 3 rings (SSSR count). The first-order chi connectivity index (χ1) is 13.2. The van der Waals surface area contributed by atoms with Gasteiger partial charge in [0.2, 0.25) is 5.91 Å². The number of carbonyl (C=O) groups is 2. The summed E-state index contributed by atoms with van der Waals surface area (Å²) in [6.45, 7) is 1.89. The third-order valence-corrected chi connectivity index (χ3v) is 5.37. The second-order valence-corrected chi connectivity index (χ2v) is 7.42. The summed E-state index contributed by atoms with van der Waals surface area (Å²) in [6.07, 6.45) is 1.46. The molecule has 2 amide bonds. The smallest absolute Gasteiger partial charge is 0.255 e. The van der Waals surface area contributed by atoms with Gasteiger partial charge in [-0.2, -0.15) is 0 Å². The highest BCUT2D eigenvalue weighted by atomic mass is 32.1. The van der Waals surface area contributed by atoms with E-state index in [-0.39, 0.29) is 24.5 Å². The van der Waals surface area contributed by atoms with Crippen LogP contribution >= 0.6 is 11.3 Å². The Labute approximate surface area is 163 Å². The van der Waals surface area contributed by atoms with Gasteiger partial charge in [-0.05, 0) is 23.6 Å². The molecule has 0 unspecified atom stereocenters. The average molecular weight is 388 g/mol. The quantitative estimate of drug-likeness (QED) is 0.792. The van der Waals surface area contributed by atoms with Gasteiger partial charge in [-0.1, -0.05) is 18.2 Å². The van der Waals surface area contributed by atoms with E-state index in [1.54, 1.807) is 22.3 Å². The van der Waals surface area contributed by atoms with Crippen LogP contribution in [0.15, 0.2) is 41.8 Å². The Bertz CT molecular complexity index is 755. The molecule has 0 bridgehead atoms. The molecule has 0 spiro atoms. The van der Waals surface area contributed by atoms with E-state index >= 15 is 0 Å². The Balaban J connectivity index is 1.56. The summed E-state index contributed by atoms with van der Waals surface area (Å²) >= 11 is 1.61. The van der Waals surface area contributed by atoms with Gasteiger partial charge in [0, 0.05) is 37.9 Å². The molecule has 27 heavy (non-hydrogen) atoms. The molecule has 6 nitrogen and oxygen atoms in total. The van der Waals surface area contributed by atoms with Crippen molar-refractivity contribution in [3.8, 4) is 5.75 Å². The highest BCUT2D eigenvalue weighted by molar-refractivity contribution is 7.09. The van der Waals surface area contributed by atoms with E-state index in [0.717, 1.165) is 17.7 Å². The Morgan fingerprint density at radius 2 is 1.96 bits per heavy atom. The molecule has 1 aliphatic heterocycles. The normalized spacial score (nSPS) is 14.8. The predicted molar refractivity (Wildman–Crippen MR) is 104 cm³/mol. The molecule has 0 radical (unpaired) electrons. The third kappa shape index (κ3) is 5.30. The number of nitrogens with one attached hydrogen (secondary N) is 1. The van der Waals surface area contributed by atoms with E-state index in [9.17, 15) is 9.59 Å². The van der Waals surface area contributed by atoms with Crippen molar-refractivity contribution in [3.63, 3.8) is 0 Å². The number of benzene rings is 1. The van der Waals surface area contributed by atoms with Crippen LogP contribution in [0.5, 0.6) is 5.75 Å². The van der Waals surface area contributed by atoms with Crippen LogP contribution in [0, 0.1) is 0 Å². The Morgan fingerprint density at radius 1 is 1.19 bits per heavy atom. The second kappa shape index (κ2) is 9.53. The summed E-state index contributed by atoms with van der Waals surface area (Å²) in [4.78, 5) is 27.3. The first kappa shape index (κ1) is 19.4. The van der Waals surface area contributed by atoms with Gasteiger partial charge >= 0.3 is 0 Å². The maximum absolute atomic E-state index is 12.6. The van der Waals surface area contributed by atoms with Gasteiger partial charge < -0.3 is 19.7 Å². The van der Waals surface area contributed by atoms with E-state index in [1.165, 1.54) is 7.11 Å². The topological polar surface area (TPSA) is 67.9 Å². The molecule has 2 heterocycles. The number of nitrogens with zero attached hydrogens (tertiary/aromatic N) is 1. The van der Waals surface area contributed by atoms with Crippen molar-refractivity contribution in [1.29, 1.82) is 0 Å². The summed E-state index contributed by atoms with van der Waals surface area (Å²) in [5.41, 5.74) is 0.534. The summed E-state index contributed by atoms with van der Waals surface area (Å²) in [7, 11) is 1.52. The first-order valence-electron chi connectivity index (χ1n) is 9.00. The van der Waals surface area contributed by atoms with Crippen molar-refractivity contribution in [2.75, 3.05) is 26.8 Å². The molecular weight excluding hydrogens is 364 g/mol. The lowest BCUT2D eigenvalue weighted by Crippen LogP contribution is -2.43. The highest BCUT2D eigenvalue weighted by Gasteiger charge is 2.25. The van der Waals surface area contributed by atoms with E-state index in [0.29, 0.717) is 30.9 Å². The summed E-state index contributed by atoms with van der Waals surface area (Å²) in [6, 6.07) is 11.2. The van der Waals surface area contributed by atoms with Gasteiger partial charge in [0.15, 0.2) is 0 Å². The summed E-state index contributed by atoms with van der Waals surface area (Å²) in [5, 5.41) is 4.93. The van der Waals surface area contributed by atoms with E-state index in [4.69, 9.17) is 9.47 Å². The van der Waals surface area contributed by atoms with Gasteiger partial charge in [0.05, 0.1) is 12.1 Å². The second-order valence-electron chi connectivity index (χ2n) is 6.39. The van der Waals surface area contributed by atoms with Crippen molar-refractivity contribution >= 4 is 23.2 Å². The molecule has 2 aromatic rings. The zero-order valence-corrected chi connectivity index (χ0v) is 16.2. The fraction of sp³-hybridized carbons (Fsp3) is 0.400. The molecule has 1 aromatic heterocycles. The minimum absolute atomic E-state index is 0.00399. The first-order valence-corrected chi connectivity index (χ1v) is 9.88. The Morgan fingerprint density at radius 3 is 2.67 bits per heavy atom. The zero-order chi connectivity index (χ0) is 19.1. The number of hydrogen-bond acceptors (Lipinski definition) is 5. The van der Waals surface area contributed by atoms with Crippen molar-refractivity contribution in [1.82, 2.24) is 10.2 Å². The Kier molecular flexibility index (Phi) is 6.84. The average Bonchev–Trinajstić information content (AvgIpc) is 3.21. The van der Waals surface area contributed by atoms with Crippen molar-refractivity contribution in [2.24, 2.45) is 0 Å². The van der Waals surface area contributed by atoms with Gasteiger partial charge in [0.1, 0.15) is 18.5 Å². The molecule has 1 N–H and O–H groups in total. The van der Waals surface area contributed by atoms with Crippen molar-refractivity contribution in [2.45, 2.75) is 25.5 Å². The number of amides is 2. The largest absolute Gasteiger partial charge is 0.489 e. The lowest BCUT2D eigenvalue weighted by Gasteiger charge is -2.32. The number of piperidine rings is 1. The molecule has 1 fully saturated rings. The summed E-state index contributed by atoms with van der Waals surface area (Å²) in [5.74, 6) is 0.443. The number of likely N-dealkylation sites (tertiary alicyclic amines) is 1. The van der Waals surface area contributed by atoms with Crippen molar-refractivity contribution < 1.29 is 19.1 Å². The van der Waals surface area contributed by atoms with Gasteiger partial charge in [-0.15, -0.1) is 11.3 Å². The number of hydrogen-bond donors (Lipinski definition) is 1. The number of rotatable bonds is 7. The highest BCUT2D eigenvalue weighted by Crippen LogP contribution is 2.23. The molecule has 0 atom stereocenters. The fourth-order valence-electron chi connectivity index (χ4n) is 3.05. The molecular formula is C20H24N2O4S. The van der Waals surface area contributed by atoms with Crippen LogP contribution in [0.3, 0.4) is 0 Å². The standard InChI is InChI=1S/C20H24N2O4S/c1-25-14-19(23)22-10-8-15(9-11-22)26-18-7-3-2-6-17(18)20(24)21-13-16-5-4-12-27-16/h2-7,12,15H,8-11,13-14H2,1H3,(H,21,24). The number of methoxy groups -OCH3 is 1. The molecule has 1 aromatic carbocycles. The lowest BCUT2D eigenvalue weighted by molar-refractivity contribution is -0.136. The monoisotopic (exact) mass is 388 g/mol. The fourth-order valence-corrected chi connectivity index (χ4v) is 3.69. The van der Waals surface area contributed by atoms with Gasteiger partial charge in [0.25, 0.3) is 5.91 Å². The third-order valence-electron chi connectivity index (χ3n) is 4.49. The minimum atomic E-state index is -0.147. The van der Waals surface area contributed by atoms with E-state index < -0.39 is 0 Å². The van der Waals surface area contributed by atoms with Gasteiger partial charge in [-0.3, -0.25) is 9.59 Å². The zero-order valence-electron chi connectivity index (χ0n) is 15.3. The molecule has 1 aliphatic rings. The van der Waals surface area contributed by atoms with Crippen LogP contribution in [-0.4, -0.2) is 49.6 Å². The van der Waals surface area contributed by atoms with Crippen LogP contribution < -0.4 is 10.1 Å². The molecule has 0 aliphatic carbocycles. The minimum Gasteiger partial charge on any atom is -0.489 e. The lowest BCUT2D eigenvalue weighted by atomic mass is 10.1. The number of ether oxygens (including phenoxy) is 2. The molecule has 1 saturated heterocycles. The SMILES string of the molecule is COCC(=O)N1CCC(Oc2ccccc2C(=O)NCc2cccs2)CC1. The molecule has 144 valence electrons.